The molecule has 2 heterocycles. The lowest BCUT2D eigenvalue weighted by atomic mass is 10.1. The Morgan fingerprint density at radius 3 is 2.88 bits per heavy atom. The van der Waals surface area contributed by atoms with Crippen LogP contribution in [-0.2, 0) is 5.92 Å². The Morgan fingerprint density at radius 2 is 2.23 bits per heavy atom. The third-order valence-electron chi connectivity index (χ3n) is 3.67. The Balaban J connectivity index is 2.15. The van der Waals surface area contributed by atoms with Crippen LogP contribution in [-0.4, -0.2) is 39.7 Å². The van der Waals surface area contributed by atoms with Crippen LogP contribution in [0.5, 0.6) is 5.75 Å². The Morgan fingerprint density at radius 1 is 1.50 bits per heavy atom. The quantitative estimate of drug-likeness (QED) is 0.790. The van der Waals surface area contributed by atoms with Gasteiger partial charge in [0.15, 0.2) is 17.9 Å². The van der Waals surface area contributed by atoms with E-state index in [2.05, 4.69) is 16.9 Å². The molecular weight excluding hydrogens is 351 g/mol. The number of ether oxygens (including phenoxy) is 1. The smallest absolute Gasteiger partial charge is 0.323 e. The number of hydrogen-bond donors (Lipinski definition) is 2. The van der Waals surface area contributed by atoms with Gasteiger partial charge in [0.2, 0.25) is 0 Å². The Kier molecular flexibility index (Phi) is 4.16. The van der Waals surface area contributed by atoms with Crippen molar-refractivity contribution in [1.29, 1.82) is 0 Å². The molecule has 0 spiro atoms. The fourth-order valence-corrected chi connectivity index (χ4v) is 2.31. The van der Waals surface area contributed by atoms with Crippen molar-refractivity contribution in [3.63, 3.8) is 0 Å². The molecule has 0 bridgehead atoms. The molecule has 0 saturated heterocycles. The van der Waals surface area contributed by atoms with Crippen LogP contribution in [0.15, 0.2) is 24.3 Å². The Labute approximate surface area is 146 Å². The summed E-state index contributed by atoms with van der Waals surface area (Å²) in [5.74, 6) is 0.678. The fourth-order valence-electron chi connectivity index (χ4n) is 2.31. The molecule has 3 rings (SSSR count). The van der Waals surface area contributed by atoms with E-state index in [4.69, 9.17) is 10.5 Å². The molecule has 0 aliphatic carbocycles. The van der Waals surface area contributed by atoms with Crippen LogP contribution >= 0.6 is 0 Å². The van der Waals surface area contributed by atoms with Gasteiger partial charge in [0.25, 0.3) is 5.91 Å². The normalized spacial score (nSPS) is 16.8. The average Bonchev–Trinajstić information content (AvgIpc) is 3.01. The second-order valence-electron chi connectivity index (χ2n) is 6.02. The van der Waals surface area contributed by atoms with Crippen molar-refractivity contribution in [1.82, 2.24) is 9.78 Å². The Bertz CT molecular complexity index is 942. The van der Waals surface area contributed by atoms with E-state index in [-0.39, 0.29) is 17.1 Å². The summed E-state index contributed by atoms with van der Waals surface area (Å²) in [5, 5.41) is 13.5. The van der Waals surface area contributed by atoms with E-state index in [1.807, 2.05) is 0 Å². The molecule has 6 nitrogen and oxygen atoms in total. The third kappa shape index (κ3) is 3.23. The predicted octanol–water partition coefficient (Wildman–Crippen LogP) is 1.53. The van der Waals surface area contributed by atoms with Gasteiger partial charge in [-0.1, -0.05) is 11.8 Å². The average molecular weight is 365 g/mol. The van der Waals surface area contributed by atoms with Gasteiger partial charge >= 0.3 is 5.92 Å². The minimum absolute atomic E-state index is 0.102. The highest BCUT2D eigenvalue weighted by atomic mass is 19.3. The number of nitrogens with two attached hydrogens (primary N) is 1. The van der Waals surface area contributed by atoms with Crippen LogP contribution in [0.1, 0.15) is 28.7 Å². The summed E-state index contributed by atoms with van der Waals surface area (Å²) in [5.41, 5.74) is 2.88. The van der Waals surface area contributed by atoms with Crippen molar-refractivity contribution in [3.8, 4) is 23.3 Å². The van der Waals surface area contributed by atoms with Crippen molar-refractivity contribution >= 4 is 5.91 Å². The number of benzene rings is 1. The highest BCUT2D eigenvalue weighted by Gasteiger charge is 2.41. The van der Waals surface area contributed by atoms with Crippen molar-refractivity contribution in [2.24, 2.45) is 5.73 Å². The fraction of sp³-hybridized carbons (Fsp3) is 0.294. The number of amides is 1. The van der Waals surface area contributed by atoms with E-state index in [1.165, 1.54) is 25.1 Å². The largest absolute Gasteiger partial charge is 0.485 e. The summed E-state index contributed by atoms with van der Waals surface area (Å²) < 4.78 is 47.3. The predicted molar refractivity (Wildman–Crippen MR) is 84.9 cm³/mol. The number of aromatic nitrogens is 2. The first kappa shape index (κ1) is 17.8. The van der Waals surface area contributed by atoms with Crippen molar-refractivity contribution in [3.05, 3.63) is 41.2 Å². The van der Waals surface area contributed by atoms with E-state index in [1.54, 1.807) is 0 Å². The minimum Gasteiger partial charge on any atom is -0.485 e. The minimum atomic E-state index is -3.40. The molecule has 0 radical (unpaired) electrons. The van der Waals surface area contributed by atoms with E-state index >= 15 is 0 Å². The first-order valence-electron chi connectivity index (χ1n) is 7.50. The molecule has 0 fully saturated rings. The molecule has 136 valence electrons. The lowest BCUT2D eigenvalue weighted by Crippen LogP contribution is -2.23. The number of carbonyl (C=O) groups is 1. The maximum absolute atomic E-state index is 14.3. The first-order chi connectivity index (χ1) is 12.1. The van der Waals surface area contributed by atoms with Crippen LogP contribution in [0.4, 0.5) is 13.2 Å². The van der Waals surface area contributed by atoms with Gasteiger partial charge in [-0.25, -0.2) is 9.07 Å². The topological polar surface area (TPSA) is 90.4 Å². The molecule has 1 aliphatic rings. The zero-order valence-electron chi connectivity index (χ0n) is 13.6. The Hall–Kier alpha value is -2.99. The van der Waals surface area contributed by atoms with E-state index < -0.39 is 36.4 Å². The second kappa shape index (κ2) is 6.07. The number of carbonyl (C=O) groups excluding carboxylic acids is 1. The number of hydrogen-bond acceptors (Lipinski definition) is 4. The number of primary amides is 1. The summed E-state index contributed by atoms with van der Waals surface area (Å²) >= 11 is 0. The second-order valence-corrected chi connectivity index (χ2v) is 6.02. The van der Waals surface area contributed by atoms with Crippen molar-refractivity contribution in [2.45, 2.75) is 18.4 Å². The van der Waals surface area contributed by atoms with Gasteiger partial charge < -0.3 is 15.6 Å². The van der Waals surface area contributed by atoms with Gasteiger partial charge in [0, 0.05) is 5.56 Å². The molecule has 2 aromatic rings. The summed E-state index contributed by atoms with van der Waals surface area (Å²) in [6.45, 7) is -0.797. The first-order valence-corrected chi connectivity index (χ1v) is 7.50. The van der Waals surface area contributed by atoms with Gasteiger partial charge in [-0.2, -0.15) is 13.9 Å². The van der Waals surface area contributed by atoms with Crippen molar-refractivity contribution in [2.75, 3.05) is 13.3 Å². The standard InChI is InChI=1S/C17H14F3N3O3/c1-16(25,8-18)5-4-10-2-3-13-12(6-10)23-14(17(19,20)9-26-13)7-11(22-23)15(21)24/h2-3,6-7,25H,8-9H2,1H3,(H2,21,24)/t16-/m0/s1. The lowest BCUT2D eigenvalue weighted by molar-refractivity contribution is -0.0487. The summed E-state index contributed by atoms with van der Waals surface area (Å²) in [7, 11) is 0. The van der Waals surface area contributed by atoms with Crippen LogP contribution in [0, 0.1) is 11.8 Å². The van der Waals surface area contributed by atoms with E-state index in [0.29, 0.717) is 5.56 Å². The molecular formula is C17H14F3N3O3. The lowest BCUT2D eigenvalue weighted by Gasteiger charge is -2.12. The molecule has 1 atom stereocenters. The van der Waals surface area contributed by atoms with Crippen molar-refractivity contribution < 1.29 is 27.8 Å². The summed E-state index contributed by atoms with van der Waals surface area (Å²) in [6, 6.07) is 5.18. The number of halogens is 3. The third-order valence-corrected chi connectivity index (χ3v) is 3.67. The number of rotatable bonds is 2. The monoisotopic (exact) mass is 365 g/mol. The van der Waals surface area contributed by atoms with Gasteiger partial charge in [0.05, 0.1) is 0 Å². The van der Waals surface area contributed by atoms with Gasteiger partial charge in [-0.15, -0.1) is 0 Å². The maximum atomic E-state index is 14.3. The van der Waals surface area contributed by atoms with Crippen LogP contribution in [0.25, 0.3) is 5.69 Å². The van der Waals surface area contributed by atoms with Crippen LogP contribution < -0.4 is 10.5 Å². The number of nitrogens with zero attached hydrogens (tertiary/aromatic N) is 2. The van der Waals surface area contributed by atoms with Gasteiger partial charge in [0.1, 0.15) is 23.8 Å². The molecule has 1 aromatic carbocycles. The highest BCUT2D eigenvalue weighted by molar-refractivity contribution is 5.91. The molecule has 1 aliphatic heterocycles. The zero-order chi connectivity index (χ0) is 19.1. The molecule has 0 saturated carbocycles. The number of aliphatic hydroxyl groups is 1. The van der Waals surface area contributed by atoms with E-state index in [0.717, 1.165) is 10.7 Å². The molecule has 26 heavy (non-hydrogen) atoms. The number of alkyl halides is 3. The van der Waals surface area contributed by atoms with Crippen LogP contribution in [0.3, 0.4) is 0 Å². The van der Waals surface area contributed by atoms with E-state index in [9.17, 15) is 23.1 Å². The molecule has 0 unspecified atom stereocenters. The molecule has 3 N–H and O–H groups in total. The van der Waals surface area contributed by atoms with Gasteiger partial charge in [-0.3, -0.25) is 4.79 Å². The molecule has 1 amide bonds. The number of fused-ring (bicyclic) bond motifs is 3. The maximum Gasteiger partial charge on any atom is 0.323 e. The summed E-state index contributed by atoms with van der Waals surface area (Å²) in [4.78, 5) is 11.3. The van der Waals surface area contributed by atoms with Gasteiger partial charge in [-0.05, 0) is 31.2 Å². The summed E-state index contributed by atoms with van der Waals surface area (Å²) in [6.07, 6.45) is 0. The zero-order valence-corrected chi connectivity index (χ0v) is 13.6. The molecule has 1 aromatic heterocycles. The highest BCUT2D eigenvalue weighted by Crippen LogP contribution is 2.37. The molecule has 9 heteroatoms. The SMILES string of the molecule is C[C@](O)(C#Cc1ccc2c(c1)-n1nc(C(N)=O)cc1C(F)(F)CO2)CF. The van der Waals surface area contributed by atoms with Crippen LogP contribution in [0.2, 0.25) is 0 Å².